The van der Waals surface area contributed by atoms with E-state index >= 15 is 0 Å². The number of aromatic nitrogens is 5. The van der Waals surface area contributed by atoms with E-state index in [9.17, 15) is 14.4 Å². The van der Waals surface area contributed by atoms with Gasteiger partial charge in [-0.2, -0.15) is 4.98 Å². The molecule has 1 aliphatic heterocycles. The second-order valence-electron chi connectivity index (χ2n) is 12.2. The van der Waals surface area contributed by atoms with Crippen molar-refractivity contribution in [1.29, 1.82) is 0 Å². The molecule has 3 aromatic heterocycles. The van der Waals surface area contributed by atoms with Crippen LogP contribution in [0.15, 0.2) is 57.8 Å². The number of piperidine rings is 1. The van der Waals surface area contributed by atoms with Crippen molar-refractivity contribution in [2.24, 2.45) is 7.05 Å². The number of hydrogen-bond donors (Lipinski definition) is 1. The summed E-state index contributed by atoms with van der Waals surface area (Å²) >= 11 is 0. The number of imidazole rings is 1. The van der Waals surface area contributed by atoms with Crippen LogP contribution in [0.4, 0.5) is 10.7 Å². The lowest BCUT2D eigenvalue weighted by Crippen LogP contribution is -2.49. The minimum atomic E-state index is -0.593. The average Bonchev–Trinajstić information content (AvgIpc) is 3.32. The first-order chi connectivity index (χ1) is 19.9. The molecule has 4 heterocycles. The third-order valence-corrected chi connectivity index (χ3v) is 7.33. The molecule has 0 aliphatic carbocycles. The van der Waals surface area contributed by atoms with Crippen LogP contribution in [0.3, 0.4) is 0 Å². The molecule has 1 aliphatic rings. The summed E-state index contributed by atoms with van der Waals surface area (Å²) in [5, 5.41) is 4.96. The number of carbonyl (C=O) groups is 1. The van der Waals surface area contributed by atoms with Crippen LogP contribution in [-0.4, -0.2) is 54.5 Å². The Morgan fingerprint density at radius 1 is 1.14 bits per heavy atom. The first-order valence-corrected chi connectivity index (χ1v) is 14.3. The molecular formula is C31H39N7O4. The van der Waals surface area contributed by atoms with Gasteiger partial charge in [0, 0.05) is 44.3 Å². The predicted octanol–water partition coefficient (Wildman–Crippen LogP) is 3.95. The Kier molecular flexibility index (Phi) is 7.94. The third kappa shape index (κ3) is 6.09. The Morgan fingerprint density at radius 2 is 1.88 bits per heavy atom. The molecule has 1 amide bonds. The van der Waals surface area contributed by atoms with Gasteiger partial charge in [-0.1, -0.05) is 35.9 Å². The van der Waals surface area contributed by atoms with Gasteiger partial charge in [0.2, 0.25) is 5.95 Å². The fourth-order valence-electron chi connectivity index (χ4n) is 5.32. The summed E-state index contributed by atoms with van der Waals surface area (Å²) in [7, 11) is 1.64. The molecule has 222 valence electrons. The first-order valence-electron chi connectivity index (χ1n) is 14.3. The summed E-state index contributed by atoms with van der Waals surface area (Å²) in [5.74, 6) is 0.590. The van der Waals surface area contributed by atoms with E-state index in [1.165, 1.54) is 9.13 Å². The van der Waals surface area contributed by atoms with Crippen LogP contribution < -0.4 is 21.5 Å². The van der Waals surface area contributed by atoms with Gasteiger partial charge in [-0.3, -0.25) is 18.9 Å². The van der Waals surface area contributed by atoms with Crippen LogP contribution in [0.1, 0.15) is 53.2 Å². The highest BCUT2D eigenvalue weighted by Gasteiger charge is 2.29. The molecule has 0 saturated carbocycles. The van der Waals surface area contributed by atoms with E-state index in [0.29, 0.717) is 42.4 Å². The van der Waals surface area contributed by atoms with Crippen LogP contribution >= 0.6 is 0 Å². The molecule has 42 heavy (non-hydrogen) atoms. The summed E-state index contributed by atoms with van der Waals surface area (Å²) in [6, 6.07) is 9.60. The molecule has 0 spiro atoms. The second-order valence-corrected chi connectivity index (χ2v) is 12.2. The summed E-state index contributed by atoms with van der Waals surface area (Å²) < 4.78 is 10.0. The molecule has 1 unspecified atom stereocenters. The van der Waals surface area contributed by atoms with E-state index in [4.69, 9.17) is 9.72 Å². The Morgan fingerprint density at radius 3 is 2.60 bits per heavy atom. The number of anilines is 1. The second kappa shape index (κ2) is 11.5. The number of pyridine rings is 1. The Bertz CT molecular complexity index is 1790. The number of hydrogen-bond acceptors (Lipinski definition) is 7. The van der Waals surface area contributed by atoms with Gasteiger partial charge in [0.1, 0.15) is 5.60 Å². The van der Waals surface area contributed by atoms with E-state index in [1.807, 2.05) is 75.6 Å². The number of nitrogens with zero attached hydrogens (tertiary/aromatic N) is 6. The van der Waals surface area contributed by atoms with Crippen LogP contribution in [0.25, 0.3) is 21.9 Å². The zero-order valence-corrected chi connectivity index (χ0v) is 25.2. The molecule has 0 bridgehead atoms. The third-order valence-electron chi connectivity index (χ3n) is 7.33. The number of alkyl carbamates (subject to hydrolysis) is 1. The van der Waals surface area contributed by atoms with Gasteiger partial charge in [-0.05, 0) is 58.9 Å². The molecule has 4 aromatic rings. The van der Waals surface area contributed by atoms with Gasteiger partial charge in [0.05, 0.1) is 12.2 Å². The van der Waals surface area contributed by atoms with Crippen molar-refractivity contribution in [3.8, 4) is 0 Å². The van der Waals surface area contributed by atoms with E-state index < -0.39 is 22.9 Å². The quantitative estimate of drug-likeness (QED) is 0.347. The minimum absolute atomic E-state index is 0.0427. The minimum Gasteiger partial charge on any atom is -0.444 e. The summed E-state index contributed by atoms with van der Waals surface area (Å²) in [4.78, 5) is 51.4. The van der Waals surface area contributed by atoms with Crippen molar-refractivity contribution in [3.05, 3.63) is 74.7 Å². The number of nitrogens with one attached hydrogen (secondary N) is 1. The van der Waals surface area contributed by atoms with E-state index in [0.717, 1.165) is 29.2 Å². The monoisotopic (exact) mass is 573 g/mol. The zero-order valence-electron chi connectivity index (χ0n) is 25.2. The van der Waals surface area contributed by atoms with Crippen molar-refractivity contribution in [1.82, 2.24) is 29.0 Å². The number of aryl methyl sites for hydroxylation is 1. The van der Waals surface area contributed by atoms with Crippen LogP contribution in [0, 0.1) is 0 Å². The fourth-order valence-corrected chi connectivity index (χ4v) is 5.32. The van der Waals surface area contributed by atoms with Gasteiger partial charge >= 0.3 is 11.8 Å². The number of rotatable bonds is 6. The van der Waals surface area contributed by atoms with E-state index in [1.54, 1.807) is 13.2 Å². The Hall–Kier alpha value is -4.41. The van der Waals surface area contributed by atoms with Crippen LogP contribution in [0.2, 0.25) is 0 Å². The molecule has 1 saturated heterocycles. The van der Waals surface area contributed by atoms with Gasteiger partial charge in [-0.25, -0.2) is 9.59 Å². The normalized spacial score (nSPS) is 15.7. The van der Waals surface area contributed by atoms with Gasteiger partial charge in [-0.15, -0.1) is 0 Å². The summed E-state index contributed by atoms with van der Waals surface area (Å²) in [6.45, 7) is 11.2. The van der Waals surface area contributed by atoms with E-state index in [2.05, 4.69) is 15.2 Å². The number of amides is 1. The first kappa shape index (κ1) is 29.1. The fraction of sp³-hybridized carbons (Fsp3) is 0.452. The van der Waals surface area contributed by atoms with Gasteiger partial charge < -0.3 is 19.5 Å². The lowest BCUT2D eigenvalue weighted by atomic mass is 10.1. The molecule has 5 rings (SSSR count). The Labute approximate surface area is 244 Å². The van der Waals surface area contributed by atoms with Crippen LogP contribution in [-0.2, 0) is 24.9 Å². The topological polar surface area (TPSA) is 116 Å². The van der Waals surface area contributed by atoms with Crippen molar-refractivity contribution in [2.75, 3.05) is 18.0 Å². The molecule has 1 aromatic carbocycles. The van der Waals surface area contributed by atoms with Gasteiger partial charge in [0.25, 0.3) is 5.56 Å². The highest BCUT2D eigenvalue weighted by atomic mass is 16.6. The highest BCUT2D eigenvalue weighted by Crippen LogP contribution is 2.24. The van der Waals surface area contributed by atoms with Crippen molar-refractivity contribution < 1.29 is 9.53 Å². The molecule has 11 heteroatoms. The Balaban J connectivity index is 1.55. The highest BCUT2D eigenvalue weighted by molar-refractivity contribution is 5.81. The van der Waals surface area contributed by atoms with Crippen molar-refractivity contribution in [3.63, 3.8) is 0 Å². The molecular weight excluding hydrogens is 534 g/mol. The van der Waals surface area contributed by atoms with Crippen LogP contribution in [0.5, 0.6) is 0 Å². The van der Waals surface area contributed by atoms with Gasteiger partial charge in [0.15, 0.2) is 11.2 Å². The maximum atomic E-state index is 14.0. The SMILES string of the molecule is CC(C)=CCn1c(N2CCCC(NC(=O)OC(C)(C)C)C2)nc2c1c(=O)n(Cc1cc3ccccc3cn1)c(=O)n2C. The van der Waals surface area contributed by atoms with Crippen molar-refractivity contribution in [2.45, 2.75) is 72.2 Å². The maximum Gasteiger partial charge on any atom is 0.407 e. The molecule has 0 radical (unpaired) electrons. The standard InChI is InChI=1S/C31H39N7O4/c1-20(2)13-15-37-25-26(34-28(37)36-14-9-12-23(18-36)33-29(40)42-31(3,4)5)35(6)30(41)38(27(25)39)19-24-16-21-10-7-8-11-22(21)17-32-24/h7-8,10-11,13,16-17,23H,9,12,14-15,18-19H2,1-6H3,(H,33,40). The zero-order chi connectivity index (χ0) is 30.2. The number of fused-ring (bicyclic) bond motifs is 2. The average molecular weight is 574 g/mol. The molecule has 1 fully saturated rings. The smallest absolute Gasteiger partial charge is 0.407 e. The predicted molar refractivity (Wildman–Crippen MR) is 164 cm³/mol. The number of ether oxygens (including phenoxy) is 1. The molecule has 11 nitrogen and oxygen atoms in total. The molecule has 1 atom stereocenters. The summed E-state index contributed by atoms with van der Waals surface area (Å²) in [6.07, 6.45) is 4.95. The lowest BCUT2D eigenvalue weighted by molar-refractivity contribution is 0.0499. The summed E-state index contributed by atoms with van der Waals surface area (Å²) in [5.41, 5.74) is 0.934. The van der Waals surface area contributed by atoms with Crippen molar-refractivity contribution >= 4 is 34.0 Å². The van der Waals surface area contributed by atoms with E-state index in [-0.39, 0.29) is 12.6 Å². The number of benzene rings is 1. The molecule has 1 N–H and O–H groups in total. The largest absolute Gasteiger partial charge is 0.444 e. The number of carbonyl (C=O) groups excluding carboxylic acids is 1. The maximum absolute atomic E-state index is 14.0. The lowest BCUT2D eigenvalue weighted by Gasteiger charge is -2.34. The number of allylic oxidation sites excluding steroid dienone is 2.